The van der Waals surface area contributed by atoms with Gasteiger partial charge in [0.05, 0.1) is 0 Å². The maximum absolute atomic E-state index is 11.8. The van der Waals surface area contributed by atoms with Crippen LogP contribution in [0.5, 0.6) is 0 Å². The average Bonchev–Trinajstić information content (AvgIpc) is 2.59. The summed E-state index contributed by atoms with van der Waals surface area (Å²) in [6, 6.07) is 0. The highest BCUT2D eigenvalue weighted by Crippen LogP contribution is 2.34. The minimum atomic E-state index is -0.125. The molecule has 1 unspecified atom stereocenters. The molecular formula is C10H11Cl2N3O2. The second-order valence-electron chi connectivity index (χ2n) is 3.96. The van der Waals surface area contributed by atoms with Gasteiger partial charge in [0.1, 0.15) is 11.5 Å². The van der Waals surface area contributed by atoms with Crippen molar-refractivity contribution in [2.24, 2.45) is 5.92 Å². The van der Waals surface area contributed by atoms with Gasteiger partial charge in [0.15, 0.2) is 10.3 Å². The Labute approximate surface area is 108 Å². The zero-order valence-electron chi connectivity index (χ0n) is 9.15. The van der Waals surface area contributed by atoms with Crippen molar-refractivity contribution in [3.05, 3.63) is 16.1 Å². The van der Waals surface area contributed by atoms with Gasteiger partial charge >= 0.3 is 0 Å². The van der Waals surface area contributed by atoms with Gasteiger partial charge in [0.25, 0.3) is 0 Å². The van der Waals surface area contributed by atoms with E-state index >= 15 is 0 Å². The number of carbonyl (C=O) groups is 1. The summed E-state index contributed by atoms with van der Waals surface area (Å²) >= 11 is 12.0. The number of hydrogen-bond donors (Lipinski definition) is 1. The van der Waals surface area contributed by atoms with E-state index in [0.29, 0.717) is 18.1 Å². The number of halogens is 2. The van der Waals surface area contributed by atoms with Crippen molar-refractivity contribution in [1.82, 2.24) is 9.97 Å². The van der Waals surface area contributed by atoms with Gasteiger partial charge in [0, 0.05) is 25.5 Å². The van der Waals surface area contributed by atoms with Crippen LogP contribution in [0.3, 0.4) is 0 Å². The molecule has 1 saturated heterocycles. The molecule has 0 spiro atoms. The quantitative estimate of drug-likeness (QED) is 0.830. The van der Waals surface area contributed by atoms with Crippen molar-refractivity contribution < 1.29 is 9.90 Å². The Morgan fingerprint density at radius 2 is 2.00 bits per heavy atom. The van der Waals surface area contributed by atoms with Crippen LogP contribution in [0.2, 0.25) is 10.3 Å². The Kier molecular flexibility index (Phi) is 3.51. The summed E-state index contributed by atoms with van der Waals surface area (Å²) in [4.78, 5) is 21.2. The number of aromatic nitrogens is 2. The summed E-state index contributed by atoms with van der Waals surface area (Å²) in [5.41, 5.74) is 0.333. The lowest BCUT2D eigenvalue weighted by Gasteiger charge is -2.18. The zero-order chi connectivity index (χ0) is 12.6. The SMILES string of the molecule is Cc1nc(Cl)c(N2CC(CO)CC2=O)c(Cl)n1. The summed E-state index contributed by atoms with van der Waals surface area (Å²) in [7, 11) is 0. The lowest BCUT2D eigenvalue weighted by atomic mass is 10.1. The molecule has 1 aliphatic rings. The molecule has 1 amide bonds. The number of nitrogens with zero attached hydrogens (tertiary/aromatic N) is 3. The fourth-order valence-electron chi connectivity index (χ4n) is 1.84. The van der Waals surface area contributed by atoms with Crippen molar-refractivity contribution in [3.8, 4) is 0 Å². The molecule has 1 aromatic heterocycles. The summed E-state index contributed by atoms with van der Waals surface area (Å²) in [6.45, 7) is 2.02. The molecule has 1 atom stereocenters. The summed E-state index contributed by atoms with van der Waals surface area (Å²) < 4.78 is 0. The van der Waals surface area contributed by atoms with Crippen LogP contribution in [0, 0.1) is 12.8 Å². The number of aryl methyl sites for hydroxylation is 1. The van der Waals surface area contributed by atoms with Gasteiger partial charge in [-0.05, 0) is 6.92 Å². The van der Waals surface area contributed by atoms with E-state index in [4.69, 9.17) is 28.3 Å². The van der Waals surface area contributed by atoms with Crippen molar-refractivity contribution in [2.75, 3.05) is 18.1 Å². The Balaban J connectivity index is 2.38. The van der Waals surface area contributed by atoms with Gasteiger partial charge in [-0.2, -0.15) is 0 Å². The first-order valence-electron chi connectivity index (χ1n) is 5.13. The van der Waals surface area contributed by atoms with Gasteiger partial charge in [-0.3, -0.25) is 4.79 Å². The van der Waals surface area contributed by atoms with E-state index in [1.807, 2.05) is 0 Å². The fraction of sp³-hybridized carbons (Fsp3) is 0.500. The Morgan fingerprint density at radius 1 is 1.41 bits per heavy atom. The smallest absolute Gasteiger partial charge is 0.227 e. The maximum atomic E-state index is 11.8. The first kappa shape index (κ1) is 12.5. The van der Waals surface area contributed by atoms with Crippen molar-refractivity contribution in [2.45, 2.75) is 13.3 Å². The van der Waals surface area contributed by atoms with Crippen LogP contribution in [0.1, 0.15) is 12.2 Å². The third kappa shape index (κ3) is 2.36. The van der Waals surface area contributed by atoms with Crippen LogP contribution in [0.25, 0.3) is 0 Å². The molecule has 0 bridgehead atoms. The summed E-state index contributed by atoms with van der Waals surface area (Å²) in [5.74, 6) is 0.241. The predicted molar refractivity (Wildman–Crippen MR) is 64.3 cm³/mol. The molecule has 92 valence electrons. The Bertz CT molecular complexity index is 444. The van der Waals surface area contributed by atoms with Crippen LogP contribution in [-0.2, 0) is 4.79 Å². The first-order chi connectivity index (χ1) is 8.02. The van der Waals surface area contributed by atoms with Crippen LogP contribution in [0.4, 0.5) is 5.69 Å². The van der Waals surface area contributed by atoms with E-state index in [-0.39, 0.29) is 35.2 Å². The number of anilines is 1. The normalized spacial score (nSPS) is 20.1. The third-order valence-electron chi connectivity index (χ3n) is 2.64. The molecule has 1 aromatic rings. The van der Waals surface area contributed by atoms with Crippen molar-refractivity contribution >= 4 is 34.8 Å². The molecule has 0 saturated carbocycles. The van der Waals surface area contributed by atoms with E-state index in [2.05, 4.69) is 9.97 Å². The second-order valence-corrected chi connectivity index (χ2v) is 4.67. The standard InChI is InChI=1S/C10H11Cl2N3O2/c1-5-13-9(11)8(10(12)14-5)15-3-6(4-16)2-7(15)17/h6,16H,2-4H2,1H3. The van der Waals surface area contributed by atoms with Crippen LogP contribution in [-0.4, -0.2) is 34.1 Å². The lowest BCUT2D eigenvalue weighted by molar-refractivity contribution is -0.117. The zero-order valence-corrected chi connectivity index (χ0v) is 10.7. The lowest BCUT2D eigenvalue weighted by Crippen LogP contribution is -2.26. The number of hydrogen-bond acceptors (Lipinski definition) is 4. The molecule has 2 rings (SSSR count). The van der Waals surface area contributed by atoms with E-state index in [1.54, 1.807) is 6.92 Å². The highest BCUT2D eigenvalue weighted by Gasteiger charge is 2.33. The van der Waals surface area contributed by atoms with Crippen LogP contribution < -0.4 is 4.90 Å². The Morgan fingerprint density at radius 3 is 2.47 bits per heavy atom. The average molecular weight is 276 g/mol. The predicted octanol–water partition coefficient (Wildman–Crippen LogP) is 1.44. The molecule has 2 heterocycles. The first-order valence-corrected chi connectivity index (χ1v) is 5.89. The molecule has 5 nitrogen and oxygen atoms in total. The summed E-state index contributed by atoms with van der Waals surface area (Å²) in [6.07, 6.45) is 0.289. The molecule has 1 fully saturated rings. The third-order valence-corrected chi connectivity index (χ3v) is 3.17. The van der Waals surface area contributed by atoms with Crippen LogP contribution in [0.15, 0.2) is 0 Å². The summed E-state index contributed by atoms with van der Waals surface area (Å²) in [5, 5.41) is 9.38. The number of aliphatic hydroxyl groups is 1. The number of carbonyl (C=O) groups excluding carboxylic acids is 1. The number of aliphatic hydroxyl groups excluding tert-OH is 1. The topological polar surface area (TPSA) is 66.3 Å². The minimum Gasteiger partial charge on any atom is -0.396 e. The monoisotopic (exact) mass is 275 g/mol. The molecule has 1 aliphatic heterocycles. The largest absolute Gasteiger partial charge is 0.396 e. The van der Waals surface area contributed by atoms with E-state index in [9.17, 15) is 4.79 Å². The Hall–Kier alpha value is -0.910. The number of rotatable bonds is 2. The van der Waals surface area contributed by atoms with E-state index in [1.165, 1.54) is 4.90 Å². The molecular weight excluding hydrogens is 265 g/mol. The highest BCUT2D eigenvalue weighted by atomic mass is 35.5. The van der Waals surface area contributed by atoms with Crippen molar-refractivity contribution in [1.29, 1.82) is 0 Å². The van der Waals surface area contributed by atoms with E-state index < -0.39 is 0 Å². The molecule has 17 heavy (non-hydrogen) atoms. The van der Waals surface area contributed by atoms with Gasteiger partial charge in [-0.1, -0.05) is 23.2 Å². The maximum Gasteiger partial charge on any atom is 0.227 e. The molecule has 0 radical (unpaired) electrons. The molecule has 0 aliphatic carbocycles. The minimum absolute atomic E-state index is 0.0375. The van der Waals surface area contributed by atoms with Gasteiger partial charge < -0.3 is 10.0 Å². The van der Waals surface area contributed by atoms with Gasteiger partial charge in [-0.25, -0.2) is 9.97 Å². The molecule has 1 N–H and O–H groups in total. The van der Waals surface area contributed by atoms with Gasteiger partial charge in [0.2, 0.25) is 5.91 Å². The van der Waals surface area contributed by atoms with Crippen molar-refractivity contribution in [3.63, 3.8) is 0 Å². The number of amides is 1. The molecule has 0 aromatic carbocycles. The highest BCUT2D eigenvalue weighted by molar-refractivity contribution is 6.38. The molecule has 7 heteroatoms. The fourth-order valence-corrected chi connectivity index (χ4v) is 2.52. The van der Waals surface area contributed by atoms with E-state index in [0.717, 1.165) is 0 Å². The second kappa shape index (κ2) is 4.76. The van der Waals surface area contributed by atoms with Gasteiger partial charge in [-0.15, -0.1) is 0 Å². The van der Waals surface area contributed by atoms with Crippen LogP contribution >= 0.6 is 23.2 Å².